The summed E-state index contributed by atoms with van der Waals surface area (Å²) in [6, 6.07) is 11.1. The average molecular weight is 465 g/mol. The highest BCUT2D eigenvalue weighted by Gasteiger charge is 2.27. The molecule has 4 rings (SSSR count). The van der Waals surface area contributed by atoms with Crippen molar-refractivity contribution in [2.45, 2.75) is 38.5 Å². The summed E-state index contributed by atoms with van der Waals surface area (Å²) < 4.78 is 10.6. The Balaban J connectivity index is 1.28. The number of benzene rings is 2. The van der Waals surface area contributed by atoms with Crippen molar-refractivity contribution in [3.63, 3.8) is 0 Å². The molecule has 2 amide bonds. The van der Waals surface area contributed by atoms with Gasteiger partial charge < -0.3 is 19.3 Å². The number of hydrogen-bond acceptors (Lipinski definition) is 5. The van der Waals surface area contributed by atoms with E-state index in [4.69, 9.17) is 9.47 Å². The monoisotopic (exact) mass is 464 g/mol. The van der Waals surface area contributed by atoms with Crippen molar-refractivity contribution in [1.29, 1.82) is 0 Å². The van der Waals surface area contributed by atoms with E-state index in [-0.39, 0.29) is 30.4 Å². The molecule has 0 unspecified atom stereocenters. The first-order chi connectivity index (χ1) is 16.5. The number of ketones is 1. The van der Waals surface area contributed by atoms with Crippen LogP contribution in [0.25, 0.3) is 0 Å². The SMILES string of the molecule is COc1ccc(C(=O)N2CCN(C(=O)CCC(=O)c3ccc4c(c3)CCCC4)CC2)c(OC)c1. The molecule has 1 aliphatic carbocycles. The van der Waals surface area contributed by atoms with Crippen LogP contribution in [-0.2, 0) is 17.6 Å². The van der Waals surface area contributed by atoms with Gasteiger partial charge in [-0.15, -0.1) is 0 Å². The number of hydrogen-bond donors (Lipinski definition) is 0. The van der Waals surface area contributed by atoms with Crippen LogP contribution in [0.5, 0.6) is 11.5 Å². The van der Waals surface area contributed by atoms with E-state index in [9.17, 15) is 14.4 Å². The van der Waals surface area contributed by atoms with Crippen molar-refractivity contribution in [3.05, 3.63) is 58.7 Å². The predicted octanol–water partition coefficient (Wildman–Crippen LogP) is 3.53. The standard InChI is InChI=1S/C27H32N2O5/c1-33-22-9-10-23(25(18-22)34-2)27(32)29-15-13-28(14-16-29)26(31)12-11-24(30)21-8-7-19-5-3-4-6-20(19)17-21/h7-10,17-18H,3-6,11-16H2,1-2H3. The van der Waals surface area contributed by atoms with Crippen molar-refractivity contribution in [2.75, 3.05) is 40.4 Å². The third kappa shape index (κ3) is 5.24. The van der Waals surface area contributed by atoms with Gasteiger partial charge in [0.25, 0.3) is 5.91 Å². The normalized spacial score (nSPS) is 15.5. The fourth-order valence-electron chi connectivity index (χ4n) is 4.73. The Labute approximate surface area is 200 Å². The van der Waals surface area contributed by atoms with Crippen LogP contribution in [0.1, 0.15) is 57.5 Å². The molecule has 1 heterocycles. The number of methoxy groups -OCH3 is 2. The number of nitrogens with zero attached hydrogens (tertiary/aromatic N) is 2. The molecule has 0 radical (unpaired) electrons. The highest BCUT2D eigenvalue weighted by molar-refractivity contribution is 5.98. The molecule has 2 aromatic carbocycles. The number of fused-ring (bicyclic) bond motifs is 1. The minimum atomic E-state index is -0.130. The first-order valence-corrected chi connectivity index (χ1v) is 11.9. The predicted molar refractivity (Wildman–Crippen MR) is 129 cm³/mol. The number of carbonyl (C=O) groups excluding carboxylic acids is 3. The smallest absolute Gasteiger partial charge is 0.257 e. The topological polar surface area (TPSA) is 76.2 Å². The lowest BCUT2D eigenvalue weighted by atomic mass is 9.89. The number of carbonyl (C=O) groups is 3. The molecular formula is C27H32N2O5. The molecule has 0 spiro atoms. The lowest BCUT2D eigenvalue weighted by Crippen LogP contribution is -2.50. The Bertz CT molecular complexity index is 1070. The van der Waals surface area contributed by atoms with Gasteiger partial charge in [-0.1, -0.05) is 12.1 Å². The lowest BCUT2D eigenvalue weighted by molar-refractivity contribution is -0.132. The fraction of sp³-hybridized carbons (Fsp3) is 0.444. The van der Waals surface area contributed by atoms with Gasteiger partial charge in [-0.2, -0.15) is 0 Å². The zero-order chi connectivity index (χ0) is 24.1. The maximum atomic E-state index is 13.0. The van der Waals surface area contributed by atoms with Gasteiger partial charge in [0.1, 0.15) is 11.5 Å². The molecule has 1 aliphatic heterocycles. The Hall–Kier alpha value is -3.35. The highest BCUT2D eigenvalue weighted by Crippen LogP contribution is 2.26. The third-order valence-corrected chi connectivity index (χ3v) is 6.80. The Morgan fingerprint density at radius 2 is 1.50 bits per heavy atom. The van der Waals surface area contributed by atoms with Crippen LogP contribution in [0, 0.1) is 0 Å². The van der Waals surface area contributed by atoms with Crippen LogP contribution in [0.4, 0.5) is 0 Å². The molecule has 2 aliphatic rings. The average Bonchev–Trinajstić information content (AvgIpc) is 2.90. The molecule has 2 aromatic rings. The van der Waals surface area contributed by atoms with E-state index in [0.717, 1.165) is 12.8 Å². The quantitative estimate of drug-likeness (QED) is 0.586. The maximum Gasteiger partial charge on any atom is 0.257 e. The number of amides is 2. The van der Waals surface area contributed by atoms with Crippen LogP contribution in [-0.4, -0.2) is 67.8 Å². The molecule has 1 fully saturated rings. The molecule has 180 valence electrons. The van der Waals surface area contributed by atoms with E-state index < -0.39 is 0 Å². The van der Waals surface area contributed by atoms with Gasteiger partial charge in [0.05, 0.1) is 19.8 Å². The van der Waals surface area contributed by atoms with Gasteiger partial charge in [0.15, 0.2) is 5.78 Å². The Morgan fingerprint density at radius 1 is 0.794 bits per heavy atom. The van der Waals surface area contributed by atoms with Crippen LogP contribution >= 0.6 is 0 Å². The zero-order valence-corrected chi connectivity index (χ0v) is 20.0. The largest absolute Gasteiger partial charge is 0.497 e. The number of ether oxygens (including phenoxy) is 2. The molecular weight excluding hydrogens is 432 g/mol. The van der Waals surface area contributed by atoms with Crippen LogP contribution < -0.4 is 9.47 Å². The van der Waals surface area contributed by atoms with E-state index in [0.29, 0.717) is 48.8 Å². The van der Waals surface area contributed by atoms with E-state index in [1.165, 1.54) is 31.1 Å². The molecule has 7 nitrogen and oxygen atoms in total. The summed E-state index contributed by atoms with van der Waals surface area (Å²) in [4.78, 5) is 41.9. The first-order valence-electron chi connectivity index (χ1n) is 11.9. The van der Waals surface area contributed by atoms with Crippen molar-refractivity contribution in [3.8, 4) is 11.5 Å². The first kappa shape index (κ1) is 23.8. The second-order valence-corrected chi connectivity index (χ2v) is 8.85. The van der Waals surface area contributed by atoms with Gasteiger partial charge in [0.2, 0.25) is 5.91 Å². The van der Waals surface area contributed by atoms with E-state index in [1.807, 2.05) is 12.1 Å². The van der Waals surface area contributed by atoms with Crippen LogP contribution in [0.3, 0.4) is 0 Å². The molecule has 7 heteroatoms. The van der Waals surface area contributed by atoms with Gasteiger partial charge in [0, 0.05) is 50.7 Å². The van der Waals surface area contributed by atoms with Gasteiger partial charge in [-0.25, -0.2) is 0 Å². The minimum absolute atomic E-state index is 0.0159. The molecule has 0 atom stereocenters. The van der Waals surface area contributed by atoms with E-state index >= 15 is 0 Å². The second kappa shape index (κ2) is 10.7. The van der Waals surface area contributed by atoms with Crippen molar-refractivity contribution in [1.82, 2.24) is 9.80 Å². The Kier molecular flexibility index (Phi) is 7.50. The Morgan fingerprint density at radius 3 is 2.21 bits per heavy atom. The number of aryl methyl sites for hydroxylation is 2. The summed E-state index contributed by atoms with van der Waals surface area (Å²) in [7, 11) is 3.08. The summed E-state index contributed by atoms with van der Waals surface area (Å²) >= 11 is 0. The summed E-state index contributed by atoms with van der Waals surface area (Å²) in [6.45, 7) is 1.79. The minimum Gasteiger partial charge on any atom is -0.497 e. The van der Waals surface area contributed by atoms with Crippen LogP contribution in [0.2, 0.25) is 0 Å². The maximum absolute atomic E-state index is 13.0. The lowest BCUT2D eigenvalue weighted by Gasteiger charge is -2.35. The second-order valence-electron chi connectivity index (χ2n) is 8.85. The summed E-state index contributed by atoms with van der Waals surface area (Å²) in [5.74, 6) is 0.925. The number of Topliss-reactive ketones (excluding diaryl/α,β-unsaturated/α-hetero) is 1. The number of piperazine rings is 1. The van der Waals surface area contributed by atoms with Crippen LogP contribution in [0.15, 0.2) is 36.4 Å². The van der Waals surface area contributed by atoms with Crippen molar-refractivity contribution in [2.24, 2.45) is 0 Å². The summed E-state index contributed by atoms with van der Waals surface area (Å²) in [5.41, 5.74) is 3.80. The summed E-state index contributed by atoms with van der Waals surface area (Å²) in [6.07, 6.45) is 4.89. The fourth-order valence-corrected chi connectivity index (χ4v) is 4.73. The van der Waals surface area contributed by atoms with E-state index in [2.05, 4.69) is 6.07 Å². The molecule has 0 N–H and O–H groups in total. The zero-order valence-electron chi connectivity index (χ0n) is 20.0. The van der Waals surface area contributed by atoms with Gasteiger partial charge in [-0.05, 0) is 55.0 Å². The van der Waals surface area contributed by atoms with Crippen molar-refractivity contribution < 1.29 is 23.9 Å². The molecule has 1 saturated heterocycles. The molecule has 0 aromatic heterocycles. The van der Waals surface area contributed by atoms with Gasteiger partial charge >= 0.3 is 0 Å². The van der Waals surface area contributed by atoms with Crippen molar-refractivity contribution >= 4 is 17.6 Å². The highest BCUT2D eigenvalue weighted by atomic mass is 16.5. The summed E-state index contributed by atoms with van der Waals surface area (Å²) in [5, 5.41) is 0. The third-order valence-electron chi connectivity index (χ3n) is 6.80. The molecule has 34 heavy (non-hydrogen) atoms. The van der Waals surface area contributed by atoms with Gasteiger partial charge in [-0.3, -0.25) is 14.4 Å². The molecule has 0 bridgehead atoms. The number of rotatable bonds is 7. The van der Waals surface area contributed by atoms with E-state index in [1.54, 1.807) is 35.1 Å². The molecule has 0 saturated carbocycles.